The molecule has 1 saturated heterocycles. The number of fused-ring (bicyclic) bond motifs is 5. The highest BCUT2D eigenvalue weighted by Gasteiger charge is 2.43. The Hall–Kier alpha value is -4.09. The van der Waals surface area contributed by atoms with Crippen LogP contribution in [-0.2, 0) is 4.79 Å². The summed E-state index contributed by atoms with van der Waals surface area (Å²) in [5.41, 5.74) is 0.544. The van der Waals surface area contributed by atoms with Gasteiger partial charge in [-0.1, -0.05) is 31.5 Å². The van der Waals surface area contributed by atoms with Crippen LogP contribution >= 0.6 is 11.6 Å². The number of rotatable bonds is 4. The number of pyridine rings is 1. The molecule has 2 atom stereocenters. The summed E-state index contributed by atoms with van der Waals surface area (Å²) in [5, 5.41) is 3.54. The zero-order valence-corrected chi connectivity index (χ0v) is 25.4. The molecule has 1 fully saturated rings. The first-order chi connectivity index (χ1) is 20.5. The SMILES string of the molecule is COc1cccc(F)c1-c1c(Cl)cc2c3c(c(=O)n(-c4c(C)ncnc4C(C)C)c2c1F)N(C)C(=O)[C@H]1CN[C@H](C)CN31. The van der Waals surface area contributed by atoms with Gasteiger partial charge in [0, 0.05) is 37.1 Å². The number of nitrogens with one attached hydrogen (secondary N) is 1. The number of piperazine rings is 1. The van der Waals surface area contributed by atoms with Crippen molar-refractivity contribution in [2.75, 3.05) is 37.0 Å². The van der Waals surface area contributed by atoms with E-state index in [1.165, 1.54) is 47.2 Å². The lowest BCUT2D eigenvalue weighted by Crippen LogP contribution is -2.64. The number of anilines is 2. The molecule has 4 aromatic rings. The molecule has 0 aliphatic carbocycles. The monoisotopic (exact) mass is 608 g/mol. The molecule has 43 heavy (non-hydrogen) atoms. The van der Waals surface area contributed by atoms with E-state index in [2.05, 4.69) is 15.3 Å². The van der Waals surface area contributed by atoms with E-state index < -0.39 is 23.2 Å². The van der Waals surface area contributed by atoms with Crippen LogP contribution < -0.4 is 25.4 Å². The summed E-state index contributed by atoms with van der Waals surface area (Å²) in [4.78, 5) is 40.3. The molecular formula is C31H31ClF2N6O3. The standard InChI is InChI=1S/C31H31ClF2N6O3/c1-14(2)25-26(16(4)36-13-37-25)40-27-17(10-18(32)22(24(27)34)23-19(33)8-7-9-21(23)43-6)28-29(31(40)42)38(5)30(41)20-11-35-15(3)12-39(20)28/h7-10,13-15,20,35H,11-12H2,1-6H3/t15-,20-/m1/s1. The second kappa shape index (κ2) is 10.6. The van der Waals surface area contributed by atoms with E-state index in [4.69, 9.17) is 16.3 Å². The van der Waals surface area contributed by atoms with Crippen molar-refractivity contribution >= 4 is 39.8 Å². The number of amides is 1. The molecule has 224 valence electrons. The van der Waals surface area contributed by atoms with E-state index in [0.29, 0.717) is 41.2 Å². The fraction of sp³-hybridized carbons (Fsp3) is 0.355. The molecule has 2 aliphatic rings. The van der Waals surface area contributed by atoms with E-state index in [9.17, 15) is 9.59 Å². The van der Waals surface area contributed by atoms with Gasteiger partial charge in [0.15, 0.2) is 5.82 Å². The first-order valence-corrected chi connectivity index (χ1v) is 14.4. The van der Waals surface area contributed by atoms with Crippen LogP contribution in [-0.4, -0.2) is 59.8 Å². The van der Waals surface area contributed by atoms with Gasteiger partial charge in [0.2, 0.25) is 0 Å². The molecule has 2 aromatic carbocycles. The number of hydrogen-bond donors (Lipinski definition) is 1. The molecule has 6 rings (SSSR count). The number of carbonyl (C=O) groups excluding carboxylic acids is 1. The Kier molecular flexibility index (Phi) is 7.13. The fourth-order valence-corrected chi connectivity index (χ4v) is 6.58. The van der Waals surface area contributed by atoms with E-state index >= 15 is 8.78 Å². The molecular weight excluding hydrogens is 578 g/mol. The minimum Gasteiger partial charge on any atom is -0.496 e. The number of aryl methyl sites for hydroxylation is 1. The van der Waals surface area contributed by atoms with Crippen molar-refractivity contribution in [2.24, 2.45) is 0 Å². The van der Waals surface area contributed by atoms with Crippen LogP contribution in [0, 0.1) is 18.6 Å². The molecule has 1 N–H and O–H groups in total. The van der Waals surface area contributed by atoms with E-state index in [1.807, 2.05) is 25.7 Å². The van der Waals surface area contributed by atoms with Gasteiger partial charge in [0.1, 0.15) is 29.6 Å². The lowest BCUT2D eigenvalue weighted by atomic mass is 9.96. The largest absolute Gasteiger partial charge is 0.496 e. The summed E-state index contributed by atoms with van der Waals surface area (Å²) in [7, 11) is 2.90. The first-order valence-electron chi connectivity index (χ1n) is 14.0. The van der Waals surface area contributed by atoms with Crippen LogP contribution in [0.5, 0.6) is 5.75 Å². The molecule has 1 amide bonds. The third kappa shape index (κ3) is 4.28. The van der Waals surface area contributed by atoms with Crippen LogP contribution in [0.3, 0.4) is 0 Å². The number of carbonyl (C=O) groups is 1. The number of aromatic nitrogens is 3. The summed E-state index contributed by atoms with van der Waals surface area (Å²) in [6.45, 7) is 8.22. The van der Waals surface area contributed by atoms with Crippen LogP contribution in [0.2, 0.25) is 5.02 Å². The Balaban J connectivity index is 1.86. The average Bonchev–Trinajstić information content (AvgIpc) is 2.96. The molecule has 0 unspecified atom stereocenters. The van der Waals surface area contributed by atoms with Gasteiger partial charge >= 0.3 is 0 Å². The van der Waals surface area contributed by atoms with Gasteiger partial charge in [-0.25, -0.2) is 18.7 Å². The maximum atomic E-state index is 17.3. The minimum atomic E-state index is -0.914. The van der Waals surface area contributed by atoms with E-state index in [1.54, 1.807) is 14.0 Å². The number of ether oxygens (including phenoxy) is 1. The summed E-state index contributed by atoms with van der Waals surface area (Å²) >= 11 is 6.82. The van der Waals surface area contributed by atoms with Crippen molar-refractivity contribution in [1.29, 1.82) is 0 Å². The second-order valence-electron chi connectivity index (χ2n) is 11.3. The highest BCUT2D eigenvalue weighted by Crippen LogP contribution is 2.47. The summed E-state index contributed by atoms with van der Waals surface area (Å²) in [6.07, 6.45) is 1.39. The molecule has 0 bridgehead atoms. The maximum Gasteiger partial charge on any atom is 0.281 e. The lowest BCUT2D eigenvalue weighted by Gasteiger charge is -2.46. The van der Waals surface area contributed by atoms with Crippen LogP contribution in [0.15, 0.2) is 35.4 Å². The topological polar surface area (TPSA) is 92.6 Å². The number of nitrogens with zero attached hydrogens (tertiary/aromatic N) is 5. The first kappa shape index (κ1) is 29.0. The second-order valence-corrected chi connectivity index (χ2v) is 11.7. The Labute approximate surface area is 252 Å². The van der Waals surface area contributed by atoms with Gasteiger partial charge in [0.25, 0.3) is 11.5 Å². The van der Waals surface area contributed by atoms with Crippen LogP contribution in [0.1, 0.15) is 38.1 Å². The quantitative estimate of drug-likeness (QED) is 0.350. The van der Waals surface area contributed by atoms with Crippen molar-refractivity contribution < 1.29 is 18.3 Å². The predicted molar refractivity (Wildman–Crippen MR) is 163 cm³/mol. The Morgan fingerprint density at radius 1 is 1.12 bits per heavy atom. The van der Waals surface area contributed by atoms with Crippen molar-refractivity contribution in [3.05, 3.63) is 69.0 Å². The molecule has 2 aliphatic heterocycles. The summed E-state index contributed by atoms with van der Waals surface area (Å²) < 4.78 is 39.3. The van der Waals surface area contributed by atoms with Crippen molar-refractivity contribution in [2.45, 2.75) is 45.7 Å². The van der Waals surface area contributed by atoms with Gasteiger partial charge in [0.05, 0.1) is 46.0 Å². The van der Waals surface area contributed by atoms with Crippen molar-refractivity contribution in [3.8, 4) is 22.6 Å². The minimum absolute atomic E-state index is 0.0163. The maximum absolute atomic E-state index is 17.3. The fourth-order valence-electron chi connectivity index (χ4n) is 6.29. The highest BCUT2D eigenvalue weighted by atomic mass is 35.5. The molecule has 2 aromatic heterocycles. The van der Waals surface area contributed by atoms with Gasteiger partial charge in [-0.3, -0.25) is 14.2 Å². The van der Waals surface area contributed by atoms with E-state index in [0.717, 1.165) is 0 Å². The Morgan fingerprint density at radius 2 is 1.86 bits per heavy atom. The van der Waals surface area contributed by atoms with Crippen LogP contribution in [0.4, 0.5) is 20.2 Å². The zero-order chi connectivity index (χ0) is 30.9. The number of likely N-dealkylation sites (N-methyl/N-ethyl adjacent to an activating group) is 1. The van der Waals surface area contributed by atoms with Gasteiger partial charge in [-0.15, -0.1) is 0 Å². The molecule has 9 nitrogen and oxygen atoms in total. The van der Waals surface area contributed by atoms with Crippen molar-refractivity contribution in [3.63, 3.8) is 0 Å². The molecule has 0 radical (unpaired) electrons. The highest BCUT2D eigenvalue weighted by molar-refractivity contribution is 6.35. The summed E-state index contributed by atoms with van der Waals surface area (Å²) in [6, 6.07) is 5.06. The predicted octanol–water partition coefficient (Wildman–Crippen LogP) is 4.96. The molecule has 0 spiro atoms. The molecule has 12 heteroatoms. The number of benzene rings is 2. The van der Waals surface area contributed by atoms with E-state index in [-0.39, 0.29) is 51.0 Å². The normalized spacial score (nSPS) is 18.3. The average molecular weight is 609 g/mol. The summed E-state index contributed by atoms with van der Waals surface area (Å²) in [5.74, 6) is -2.01. The number of hydrogen-bond acceptors (Lipinski definition) is 7. The van der Waals surface area contributed by atoms with Crippen molar-refractivity contribution in [1.82, 2.24) is 19.9 Å². The Bertz CT molecular complexity index is 1880. The third-order valence-electron chi connectivity index (χ3n) is 8.30. The molecule has 4 heterocycles. The molecule has 0 saturated carbocycles. The number of halogens is 3. The zero-order valence-electron chi connectivity index (χ0n) is 24.6. The lowest BCUT2D eigenvalue weighted by molar-refractivity contribution is -0.120. The Morgan fingerprint density at radius 3 is 2.56 bits per heavy atom. The van der Waals surface area contributed by atoms with Gasteiger partial charge in [-0.2, -0.15) is 0 Å². The van der Waals surface area contributed by atoms with Gasteiger partial charge in [-0.05, 0) is 38.0 Å². The van der Waals surface area contributed by atoms with Gasteiger partial charge < -0.3 is 19.9 Å². The van der Waals surface area contributed by atoms with Crippen LogP contribution in [0.25, 0.3) is 27.7 Å². The third-order valence-corrected chi connectivity index (χ3v) is 8.59. The number of methoxy groups -OCH3 is 1. The smallest absolute Gasteiger partial charge is 0.281 e.